The monoisotopic (exact) mass is 473 g/mol. The van der Waals surface area contributed by atoms with E-state index >= 15 is 0 Å². The van der Waals surface area contributed by atoms with Crippen LogP contribution in [0.2, 0.25) is 0 Å². The van der Waals surface area contributed by atoms with Crippen LogP contribution in [0.4, 0.5) is 0 Å². The summed E-state index contributed by atoms with van der Waals surface area (Å²) < 4.78 is 39.1. The number of carbonyl (C=O) groups excluding carboxylic acids is 1. The van der Waals surface area contributed by atoms with Crippen LogP contribution in [0.15, 0.2) is 33.7 Å². The number of nitrogens with zero attached hydrogens (tertiary/aromatic N) is 3. The highest BCUT2D eigenvalue weighted by molar-refractivity contribution is 7.89. The van der Waals surface area contributed by atoms with E-state index in [1.807, 2.05) is 29.2 Å². The zero-order valence-electron chi connectivity index (χ0n) is 19.2. The van der Waals surface area contributed by atoms with Gasteiger partial charge in [-0.05, 0) is 57.2 Å². The zero-order chi connectivity index (χ0) is 23.4. The van der Waals surface area contributed by atoms with Gasteiger partial charge in [-0.1, -0.05) is 23.4 Å². The Balaban J connectivity index is 1.49. The molecule has 1 amide bonds. The van der Waals surface area contributed by atoms with Gasteiger partial charge in [0.05, 0.1) is 7.11 Å². The minimum Gasteiger partial charge on any atom is -0.496 e. The number of methoxy groups -OCH3 is 1. The number of piperidine rings is 2. The summed E-state index contributed by atoms with van der Waals surface area (Å²) in [4.78, 5) is 14.9. The van der Waals surface area contributed by atoms with Crippen LogP contribution >= 0.6 is 0 Å². The van der Waals surface area contributed by atoms with Gasteiger partial charge in [0.2, 0.25) is 15.9 Å². The maximum Gasteiger partial charge on any atom is 0.248 e. The molecule has 0 spiro atoms. The molecule has 0 radical (unpaired) electrons. The van der Waals surface area contributed by atoms with E-state index < -0.39 is 10.0 Å². The molecule has 0 saturated carbocycles. The van der Waals surface area contributed by atoms with Crippen LogP contribution in [-0.2, 0) is 14.8 Å². The molecule has 2 aliphatic heterocycles. The van der Waals surface area contributed by atoms with E-state index in [0.717, 1.165) is 31.5 Å². The Morgan fingerprint density at radius 2 is 1.79 bits per heavy atom. The second kappa shape index (κ2) is 10.1. The smallest absolute Gasteiger partial charge is 0.248 e. The van der Waals surface area contributed by atoms with Crippen molar-refractivity contribution in [1.29, 1.82) is 0 Å². The van der Waals surface area contributed by atoms with Crippen molar-refractivity contribution in [1.82, 2.24) is 14.4 Å². The number of carbonyl (C=O) groups is 1. The molecule has 3 heterocycles. The number of amides is 1. The summed E-state index contributed by atoms with van der Waals surface area (Å²) in [6.07, 6.45) is 7.70. The molecule has 0 unspecified atom stereocenters. The summed E-state index contributed by atoms with van der Waals surface area (Å²) in [6, 6.07) is 7.44. The molecule has 4 rings (SSSR count). The molecule has 2 aromatic rings. The van der Waals surface area contributed by atoms with Crippen LogP contribution in [0, 0.1) is 12.8 Å². The van der Waals surface area contributed by atoms with Crippen LogP contribution in [-0.4, -0.2) is 62.0 Å². The van der Waals surface area contributed by atoms with Gasteiger partial charge in [0.15, 0.2) is 10.7 Å². The summed E-state index contributed by atoms with van der Waals surface area (Å²) in [5, 5.41) is 3.91. The Morgan fingerprint density at radius 3 is 2.48 bits per heavy atom. The number of para-hydroxylation sites is 1. The predicted octanol–water partition coefficient (Wildman–Crippen LogP) is 3.58. The van der Waals surface area contributed by atoms with Crippen molar-refractivity contribution in [3.8, 4) is 5.75 Å². The van der Waals surface area contributed by atoms with E-state index in [1.54, 1.807) is 26.2 Å². The average molecular weight is 474 g/mol. The molecule has 0 atom stereocenters. The van der Waals surface area contributed by atoms with Crippen LogP contribution in [0.5, 0.6) is 5.75 Å². The van der Waals surface area contributed by atoms with Gasteiger partial charge in [-0.15, -0.1) is 0 Å². The summed E-state index contributed by atoms with van der Waals surface area (Å²) in [6.45, 7) is 3.89. The van der Waals surface area contributed by atoms with E-state index in [1.165, 1.54) is 10.7 Å². The molecule has 2 saturated heterocycles. The van der Waals surface area contributed by atoms with Gasteiger partial charge >= 0.3 is 0 Å². The summed E-state index contributed by atoms with van der Waals surface area (Å²) in [5.41, 5.74) is 1.12. The topological polar surface area (TPSA) is 93.0 Å². The lowest BCUT2D eigenvalue weighted by molar-refractivity contribution is -0.137. The third-order valence-electron chi connectivity index (χ3n) is 6.46. The van der Waals surface area contributed by atoms with Crippen LogP contribution in [0.25, 0.3) is 12.2 Å². The minimum atomic E-state index is -3.80. The lowest BCUT2D eigenvalue weighted by Gasteiger charge is -2.35. The van der Waals surface area contributed by atoms with Crippen molar-refractivity contribution in [2.45, 2.75) is 43.9 Å². The summed E-state index contributed by atoms with van der Waals surface area (Å²) >= 11 is 0. The van der Waals surface area contributed by atoms with Crippen LogP contribution < -0.4 is 4.74 Å². The lowest BCUT2D eigenvalue weighted by atomic mass is 9.95. The number of hydrogen-bond donors (Lipinski definition) is 0. The number of rotatable bonds is 6. The number of aromatic nitrogens is 1. The first-order valence-corrected chi connectivity index (χ1v) is 12.9. The lowest BCUT2D eigenvalue weighted by Crippen LogP contribution is -2.45. The van der Waals surface area contributed by atoms with Crippen molar-refractivity contribution >= 4 is 28.1 Å². The Kier molecular flexibility index (Phi) is 7.19. The van der Waals surface area contributed by atoms with Gasteiger partial charge in [-0.25, -0.2) is 8.42 Å². The van der Waals surface area contributed by atoms with E-state index in [4.69, 9.17) is 9.26 Å². The highest BCUT2D eigenvalue weighted by Crippen LogP contribution is 2.30. The van der Waals surface area contributed by atoms with Gasteiger partial charge in [0, 0.05) is 37.7 Å². The molecule has 0 aliphatic carbocycles. The largest absolute Gasteiger partial charge is 0.496 e. The number of sulfonamides is 1. The van der Waals surface area contributed by atoms with E-state index in [-0.39, 0.29) is 22.5 Å². The molecule has 8 nitrogen and oxygen atoms in total. The third-order valence-corrected chi connectivity index (χ3v) is 8.51. The minimum absolute atomic E-state index is 0.0782. The Hall–Kier alpha value is -2.65. The van der Waals surface area contributed by atoms with Crippen molar-refractivity contribution < 1.29 is 22.5 Å². The highest BCUT2D eigenvalue weighted by Gasteiger charge is 2.37. The second-order valence-corrected chi connectivity index (χ2v) is 10.5. The molecule has 2 fully saturated rings. The Morgan fingerprint density at radius 1 is 1.09 bits per heavy atom. The predicted molar refractivity (Wildman–Crippen MR) is 125 cm³/mol. The standard InChI is InChI=1S/C24H31N3O5S/c1-18-23(22(32-25-18)11-10-19-8-4-5-9-21(19)31-2)33(29,30)27-16-12-20(13-17-27)24(28)26-14-6-3-7-15-26/h4-5,8-11,20H,3,6-7,12-17H2,1-2H3/b11-10+. The normalized spacial score (nSPS) is 18.7. The van der Waals surface area contributed by atoms with Crippen molar-refractivity contribution in [2.75, 3.05) is 33.3 Å². The number of hydrogen-bond acceptors (Lipinski definition) is 6. The van der Waals surface area contributed by atoms with E-state index in [2.05, 4.69) is 5.16 Å². The van der Waals surface area contributed by atoms with Crippen LogP contribution in [0.3, 0.4) is 0 Å². The van der Waals surface area contributed by atoms with Gasteiger partial charge in [-0.2, -0.15) is 4.31 Å². The average Bonchev–Trinajstić information content (AvgIpc) is 3.24. The fraction of sp³-hybridized carbons (Fsp3) is 0.500. The second-order valence-electron chi connectivity index (χ2n) is 8.60. The molecular weight excluding hydrogens is 442 g/mol. The van der Waals surface area contributed by atoms with Gasteiger partial charge in [0.1, 0.15) is 11.4 Å². The molecule has 0 N–H and O–H groups in total. The fourth-order valence-corrected chi connectivity index (χ4v) is 6.33. The SMILES string of the molecule is COc1ccccc1/C=C/c1onc(C)c1S(=O)(=O)N1CCC(C(=O)N2CCCCC2)CC1. The van der Waals surface area contributed by atoms with Crippen LogP contribution in [0.1, 0.15) is 49.1 Å². The van der Waals surface area contributed by atoms with Gasteiger partial charge in [0.25, 0.3) is 0 Å². The number of aryl methyl sites for hydroxylation is 1. The highest BCUT2D eigenvalue weighted by atomic mass is 32.2. The Bertz CT molecular complexity index is 1110. The first kappa shape index (κ1) is 23.5. The van der Waals surface area contributed by atoms with E-state index in [9.17, 15) is 13.2 Å². The third kappa shape index (κ3) is 4.99. The summed E-state index contributed by atoms with van der Waals surface area (Å²) in [5.74, 6) is 0.927. The molecule has 1 aromatic carbocycles. The van der Waals surface area contributed by atoms with Gasteiger partial charge < -0.3 is 14.2 Å². The van der Waals surface area contributed by atoms with Crippen molar-refractivity contribution in [3.05, 3.63) is 41.3 Å². The maximum atomic E-state index is 13.5. The van der Waals surface area contributed by atoms with Gasteiger partial charge in [-0.3, -0.25) is 4.79 Å². The van der Waals surface area contributed by atoms with Crippen molar-refractivity contribution in [3.63, 3.8) is 0 Å². The maximum absolute atomic E-state index is 13.5. The molecule has 0 bridgehead atoms. The number of benzene rings is 1. The van der Waals surface area contributed by atoms with E-state index in [0.29, 0.717) is 37.4 Å². The first-order valence-electron chi connectivity index (χ1n) is 11.5. The van der Waals surface area contributed by atoms with Crippen molar-refractivity contribution in [2.24, 2.45) is 5.92 Å². The zero-order valence-corrected chi connectivity index (χ0v) is 20.0. The first-order chi connectivity index (χ1) is 15.9. The quantitative estimate of drug-likeness (QED) is 0.637. The fourth-order valence-electron chi connectivity index (χ4n) is 4.61. The molecule has 178 valence electrons. The molecule has 33 heavy (non-hydrogen) atoms. The number of likely N-dealkylation sites (tertiary alicyclic amines) is 1. The Labute approximate surface area is 195 Å². The summed E-state index contributed by atoms with van der Waals surface area (Å²) in [7, 11) is -2.22. The molecule has 1 aromatic heterocycles. The molecule has 9 heteroatoms. The molecular formula is C24H31N3O5S. The number of ether oxygens (including phenoxy) is 1. The molecule has 2 aliphatic rings.